The summed E-state index contributed by atoms with van der Waals surface area (Å²) in [5, 5.41) is 0. The predicted octanol–water partition coefficient (Wildman–Crippen LogP) is 8.90. The van der Waals surface area contributed by atoms with Gasteiger partial charge in [0.05, 0.1) is 12.5 Å². The minimum absolute atomic E-state index is 0.00216. The molecule has 0 aromatic heterocycles. The molecule has 1 atom stereocenters. The highest BCUT2D eigenvalue weighted by Crippen LogP contribution is 2.35. The summed E-state index contributed by atoms with van der Waals surface area (Å²) in [5.41, 5.74) is 1.86. The van der Waals surface area contributed by atoms with Gasteiger partial charge in [0, 0.05) is 17.5 Å². The number of allylic oxidation sites excluding steroid dienone is 4. The van der Waals surface area contributed by atoms with E-state index < -0.39 is 30.0 Å². The van der Waals surface area contributed by atoms with Gasteiger partial charge in [-0.3, -0.25) is 4.39 Å². The molecule has 1 aliphatic carbocycles. The van der Waals surface area contributed by atoms with E-state index in [1.54, 1.807) is 6.07 Å². The Labute approximate surface area is 186 Å². The first-order valence-corrected chi connectivity index (χ1v) is 11.3. The first-order valence-electron chi connectivity index (χ1n) is 11.3. The second-order valence-electron chi connectivity index (χ2n) is 8.37. The zero-order chi connectivity index (χ0) is 23.1. The quantitative estimate of drug-likeness (QED) is 0.265. The number of halogens is 5. The number of benzene rings is 2. The third kappa shape index (κ3) is 5.87. The van der Waals surface area contributed by atoms with E-state index in [9.17, 15) is 22.0 Å². The van der Waals surface area contributed by atoms with Crippen LogP contribution in [0, 0.1) is 23.4 Å². The first-order chi connectivity index (χ1) is 15.4. The normalized spacial score (nSPS) is 16.9. The van der Waals surface area contributed by atoms with Crippen molar-refractivity contribution in [3.05, 3.63) is 76.9 Å². The summed E-state index contributed by atoms with van der Waals surface area (Å²) < 4.78 is 69.8. The summed E-state index contributed by atoms with van der Waals surface area (Å²) in [5.74, 6) is -2.97. The average Bonchev–Trinajstić information content (AvgIpc) is 2.78. The standard InChI is InChI=1S/C27H29F5/c1-2-3-4-5-20-10-13-24(27(32)26(20)31)23-12-11-21(17-25(23)30)19-8-6-18(7-9-19)16-22(29)14-15-28/h8,10-13,16-18H,2-7,9,14-15H2,1H3/b22-16-. The molecule has 0 spiro atoms. The van der Waals surface area contributed by atoms with Gasteiger partial charge in [0.25, 0.3) is 0 Å². The number of alkyl halides is 1. The second-order valence-corrected chi connectivity index (χ2v) is 8.37. The Morgan fingerprint density at radius 2 is 1.81 bits per heavy atom. The molecule has 0 N–H and O–H groups in total. The molecule has 0 heterocycles. The van der Waals surface area contributed by atoms with Gasteiger partial charge < -0.3 is 0 Å². The zero-order valence-electron chi connectivity index (χ0n) is 18.4. The average molecular weight is 449 g/mol. The van der Waals surface area contributed by atoms with Crippen LogP contribution < -0.4 is 0 Å². The van der Waals surface area contributed by atoms with Gasteiger partial charge in [0.15, 0.2) is 11.6 Å². The molecule has 0 aliphatic heterocycles. The van der Waals surface area contributed by atoms with Gasteiger partial charge in [-0.2, -0.15) is 0 Å². The number of unbranched alkanes of at least 4 members (excludes halogenated alkanes) is 2. The smallest absolute Gasteiger partial charge is 0.167 e. The van der Waals surface area contributed by atoms with Gasteiger partial charge in [0.1, 0.15) is 5.82 Å². The van der Waals surface area contributed by atoms with E-state index in [0.717, 1.165) is 24.8 Å². The lowest BCUT2D eigenvalue weighted by molar-refractivity contribution is 0.447. The van der Waals surface area contributed by atoms with Crippen LogP contribution in [-0.2, 0) is 6.42 Å². The molecule has 32 heavy (non-hydrogen) atoms. The van der Waals surface area contributed by atoms with Crippen molar-refractivity contribution in [2.24, 2.45) is 5.92 Å². The minimum Gasteiger partial charge on any atom is -0.251 e. The van der Waals surface area contributed by atoms with Crippen molar-refractivity contribution < 1.29 is 22.0 Å². The Morgan fingerprint density at radius 1 is 1.03 bits per heavy atom. The maximum Gasteiger partial charge on any atom is 0.167 e. The van der Waals surface area contributed by atoms with Crippen molar-refractivity contribution in [1.82, 2.24) is 0 Å². The number of aryl methyl sites for hydroxylation is 1. The SMILES string of the molecule is CCCCCc1ccc(-c2ccc(C3=CCC(/C=C(\F)CCF)CC3)cc2F)c(F)c1F. The lowest BCUT2D eigenvalue weighted by atomic mass is 9.85. The van der Waals surface area contributed by atoms with Crippen LogP contribution in [0.1, 0.15) is 63.0 Å². The predicted molar refractivity (Wildman–Crippen MR) is 120 cm³/mol. The van der Waals surface area contributed by atoms with E-state index in [2.05, 4.69) is 0 Å². The van der Waals surface area contributed by atoms with Crippen molar-refractivity contribution in [1.29, 1.82) is 0 Å². The van der Waals surface area contributed by atoms with E-state index in [1.807, 2.05) is 13.0 Å². The van der Waals surface area contributed by atoms with Crippen LogP contribution in [0.4, 0.5) is 22.0 Å². The highest BCUT2D eigenvalue weighted by atomic mass is 19.2. The molecular weight excluding hydrogens is 419 g/mol. The molecule has 0 amide bonds. The molecular formula is C27H29F5. The topological polar surface area (TPSA) is 0 Å². The molecule has 0 saturated carbocycles. The molecule has 2 aromatic rings. The summed E-state index contributed by atoms with van der Waals surface area (Å²) in [6, 6.07) is 7.51. The molecule has 2 aromatic carbocycles. The minimum atomic E-state index is -1.02. The highest BCUT2D eigenvalue weighted by Gasteiger charge is 2.19. The third-order valence-corrected chi connectivity index (χ3v) is 6.04. The molecule has 172 valence electrons. The van der Waals surface area contributed by atoms with Crippen LogP contribution in [-0.4, -0.2) is 6.67 Å². The van der Waals surface area contributed by atoms with Gasteiger partial charge in [-0.1, -0.05) is 50.1 Å². The number of hydrogen-bond donors (Lipinski definition) is 0. The molecule has 0 fully saturated rings. The van der Waals surface area contributed by atoms with E-state index in [4.69, 9.17) is 0 Å². The largest absolute Gasteiger partial charge is 0.251 e. The fraction of sp³-hybridized carbons (Fsp3) is 0.407. The Bertz CT molecular complexity index is 990. The Balaban J connectivity index is 1.77. The van der Waals surface area contributed by atoms with Crippen LogP contribution >= 0.6 is 0 Å². The molecule has 0 saturated heterocycles. The molecule has 0 nitrogen and oxygen atoms in total. The van der Waals surface area contributed by atoms with E-state index in [0.29, 0.717) is 36.8 Å². The Hall–Kier alpha value is -2.43. The fourth-order valence-electron chi connectivity index (χ4n) is 4.19. The lowest BCUT2D eigenvalue weighted by Crippen LogP contribution is -2.04. The van der Waals surface area contributed by atoms with Crippen molar-refractivity contribution in [2.75, 3.05) is 6.67 Å². The molecule has 1 aliphatic rings. The molecule has 1 unspecified atom stereocenters. The maximum atomic E-state index is 14.9. The second kappa shape index (κ2) is 11.4. The lowest BCUT2D eigenvalue weighted by Gasteiger charge is -2.20. The van der Waals surface area contributed by atoms with E-state index >= 15 is 0 Å². The van der Waals surface area contributed by atoms with Crippen LogP contribution in [0.5, 0.6) is 0 Å². The van der Waals surface area contributed by atoms with E-state index in [1.165, 1.54) is 30.3 Å². The van der Waals surface area contributed by atoms with Gasteiger partial charge >= 0.3 is 0 Å². The summed E-state index contributed by atoms with van der Waals surface area (Å²) >= 11 is 0. The van der Waals surface area contributed by atoms with Crippen molar-refractivity contribution >= 4 is 5.57 Å². The van der Waals surface area contributed by atoms with Gasteiger partial charge in [-0.25, -0.2) is 17.6 Å². The highest BCUT2D eigenvalue weighted by molar-refractivity contribution is 5.72. The van der Waals surface area contributed by atoms with Gasteiger partial charge in [-0.15, -0.1) is 0 Å². The van der Waals surface area contributed by atoms with Crippen molar-refractivity contribution in [3.63, 3.8) is 0 Å². The summed E-state index contributed by atoms with van der Waals surface area (Å²) in [7, 11) is 0. The zero-order valence-corrected chi connectivity index (χ0v) is 18.4. The molecule has 0 bridgehead atoms. The molecule has 5 heteroatoms. The third-order valence-electron chi connectivity index (χ3n) is 6.04. The number of hydrogen-bond acceptors (Lipinski definition) is 0. The summed E-state index contributed by atoms with van der Waals surface area (Å²) in [6.07, 6.45) is 8.31. The van der Waals surface area contributed by atoms with Crippen LogP contribution in [0.2, 0.25) is 0 Å². The van der Waals surface area contributed by atoms with Crippen molar-refractivity contribution in [2.45, 2.75) is 58.3 Å². The monoisotopic (exact) mass is 448 g/mol. The van der Waals surface area contributed by atoms with Crippen molar-refractivity contribution in [3.8, 4) is 11.1 Å². The maximum absolute atomic E-state index is 14.9. The molecule has 0 radical (unpaired) electrons. The van der Waals surface area contributed by atoms with Gasteiger partial charge in [0.2, 0.25) is 0 Å². The number of rotatable bonds is 9. The fourth-order valence-corrected chi connectivity index (χ4v) is 4.19. The van der Waals surface area contributed by atoms with Crippen LogP contribution in [0.25, 0.3) is 16.7 Å². The van der Waals surface area contributed by atoms with Gasteiger partial charge in [-0.05, 0) is 66.9 Å². The first kappa shape index (κ1) is 24.2. The summed E-state index contributed by atoms with van der Waals surface area (Å²) in [4.78, 5) is 0. The molecule has 3 rings (SSSR count). The van der Waals surface area contributed by atoms with Crippen LogP contribution in [0.3, 0.4) is 0 Å². The summed E-state index contributed by atoms with van der Waals surface area (Å²) in [6.45, 7) is 1.33. The Kier molecular flexibility index (Phi) is 8.66. The Morgan fingerprint density at radius 3 is 2.47 bits per heavy atom. The van der Waals surface area contributed by atoms with E-state index in [-0.39, 0.29) is 23.5 Å². The van der Waals surface area contributed by atoms with Crippen LogP contribution in [0.15, 0.2) is 48.3 Å².